The van der Waals surface area contributed by atoms with Crippen molar-refractivity contribution in [2.75, 3.05) is 0 Å². The normalized spacial score (nSPS) is 12.7. The number of carbonyl (C=O) groups is 1. The average molecular weight is 301 g/mol. The van der Waals surface area contributed by atoms with E-state index in [4.69, 9.17) is 0 Å². The van der Waals surface area contributed by atoms with Crippen LogP contribution in [0.4, 0.5) is 0 Å². The molecule has 0 spiro atoms. The molecular weight excluding hydrogens is 282 g/mol. The Morgan fingerprint density at radius 2 is 1.91 bits per heavy atom. The zero-order valence-electron chi connectivity index (χ0n) is 13.0. The van der Waals surface area contributed by atoms with Crippen molar-refractivity contribution in [1.82, 2.24) is 25.3 Å². The fourth-order valence-electron chi connectivity index (χ4n) is 1.79. The average Bonchev–Trinajstić information content (AvgIpc) is 2.46. The maximum absolute atomic E-state index is 12.3. The number of rotatable bonds is 3. The van der Waals surface area contributed by atoms with Crippen LogP contribution >= 0.6 is 0 Å². The maximum atomic E-state index is 12.3. The molecule has 0 aliphatic heterocycles. The molecule has 7 heteroatoms. The van der Waals surface area contributed by atoms with E-state index in [1.54, 1.807) is 19.2 Å². The Morgan fingerprint density at radius 1 is 1.23 bits per heavy atom. The Morgan fingerprint density at radius 3 is 2.55 bits per heavy atom. The van der Waals surface area contributed by atoms with E-state index in [2.05, 4.69) is 25.3 Å². The van der Waals surface area contributed by atoms with Crippen LogP contribution in [0.15, 0.2) is 29.3 Å². The first-order chi connectivity index (χ1) is 10.3. The summed E-state index contributed by atoms with van der Waals surface area (Å²) in [7, 11) is 0. The first-order valence-electron chi connectivity index (χ1n) is 6.97. The van der Waals surface area contributed by atoms with Gasteiger partial charge in [0.05, 0.1) is 6.04 Å². The smallest absolute Gasteiger partial charge is 0.270 e. The summed E-state index contributed by atoms with van der Waals surface area (Å²) in [5, 5.41) is 2.76. The van der Waals surface area contributed by atoms with Gasteiger partial charge in [-0.2, -0.15) is 0 Å². The molecule has 2 heterocycles. The predicted molar refractivity (Wildman–Crippen MR) is 81.5 cm³/mol. The van der Waals surface area contributed by atoms with Gasteiger partial charge in [-0.3, -0.25) is 9.59 Å². The molecule has 0 fully saturated rings. The fourth-order valence-corrected chi connectivity index (χ4v) is 1.79. The highest BCUT2D eigenvalue weighted by Gasteiger charge is 2.20. The van der Waals surface area contributed by atoms with Gasteiger partial charge in [0.25, 0.3) is 11.5 Å². The summed E-state index contributed by atoms with van der Waals surface area (Å²) in [4.78, 5) is 38.7. The minimum atomic E-state index is -0.436. The number of nitrogens with zero attached hydrogens (tertiary/aromatic N) is 3. The van der Waals surface area contributed by atoms with Gasteiger partial charge in [-0.25, -0.2) is 15.0 Å². The van der Waals surface area contributed by atoms with Gasteiger partial charge in [0.2, 0.25) is 0 Å². The van der Waals surface area contributed by atoms with E-state index in [0.717, 1.165) is 0 Å². The summed E-state index contributed by atoms with van der Waals surface area (Å²) in [5.74, 6) is 0.650. The lowest BCUT2D eigenvalue weighted by molar-refractivity contribution is 0.0932. The zero-order chi connectivity index (χ0) is 16.3. The molecule has 0 aromatic carbocycles. The standard InChI is InChI=1S/C15H19N5O2/c1-9(12-16-8-6-11(21)20-12)18-13(22)10-5-7-17-14(19-10)15(2,3)4/h5-9H,1-4H3,(H,18,22)(H,16,20,21). The van der Waals surface area contributed by atoms with E-state index in [1.807, 2.05) is 20.8 Å². The van der Waals surface area contributed by atoms with E-state index in [-0.39, 0.29) is 22.6 Å². The van der Waals surface area contributed by atoms with E-state index in [0.29, 0.717) is 11.6 Å². The predicted octanol–water partition coefficient (Wildman–Crippen LogP) is 1.35. The first-order valence-corrected chi connectivity index (χ1v) is 6.97. The first kappa shape index (κ1) is 15.8. The second-order valence-corrected chi connectivity index (χ2v) is 6.03. The molecule has 0 saturated carbocycles. The molecule has 2 N–H and O–H groups in total. The minimum Gasteiger partial charge on any atom is -0.341 e. The van der Waals surface area contributed by atoms with Crippen LogP contribution < -0.4 is 10.9 Å². The number of aromatic amines is 1. The molecule has 0 bridgehead atoms. The number of aromatic nitrogens is 4. The van der Waals surface area contributed by atoms with Crippen molar-refractivity contribution in [2.24, 2.45) is 0 Å². The van der Waals surface area contributed by atoms with Gasteiger partial charge in [-0.1, -0.05) is 20.8 Å². The van der Waals surface area contributed by atoms with Gasteiger partial charge in [-0.15, -0.1) is 0 Å². The number of H-pyrrole nitrogens is 1. The number of hydrogen-bond acceptors (Lipinski definition) is 5. The number of amides is 1. The van der Waals surface area contributed by atoms with Crippen LogP contribution in [0.3, 0.4) is 0 Å². The Labute approximate surface area is 128 Å². The highest BCUT2D eigenvalue weighted by Crippen LogP contribution is 2.17. The van der Waals surface area contributed by atoms with Crippen molar-refractivity contribution in [3.05, 3.63) is 52.2 Å². The molecule has 22 heavy (non-hydrogen) atoms. The molecule has 2 rings (SSSR count). The largest absolute Gasteiger partial charge is 0.341 e. The summed E-state index contributed by atoms with van der Waals surface area (Å²) in [6.45, 7) is 7.67. The van der Waals surface area contributed by atoms with Gasteiger partial charge < -0.3 is 10.3 Å². The van der Waals surface area contributed by atoms with Crippen LogP contribution in [0.1, 0.15) is 55.9 Å². The molecule has 0 saturated heterocycles. The Kier molecular flexibility index (Phi) is 4.35. The lowest BCUT2D eigenvalue weighted by atomic mass is 9.95. The van der Waals surface area contributed by atoms with Crippen molar-refractivity contribution in [2.45, 2.75) is 39.2 Å². The molecule has 2 aromatic rings. The van der Waals surface area contributed by atoms with Gasteiger partial charge in [0.1, 0.15) is 17.3 Å². The SMILES string of the molecule is CC(NC(=O)c1ccnc(C(C)(C)C)n1)c1nccc(=O)[nH]1. The molecule has 1 unspecified atom stereocenters. The fraction of sp³-hybridized carbons (Fsp3) is 0.400. The molecule has 7 nitrogen and oxygen atoms in total. The number of carbonyl (C=O) groups excluding carboxylic acids is 1. The number of nitrogens with one attached hydrogen (secondary N) is 2. The minimum absolute atomic E-state index is 0.242. The highest BCUT2D eigenvalue weighted by molar-refractivity contribution is 5.92. The third kappa shape index (κ3) is 3.75. The molecule has 1 atom stereocenters. The lowest BCUT2D eigenvalue weighted by Crippen LogP contribution is -2.30. The van der Waals surface area contributed by atoms with Crippen molar-refractivity contribution in [3.63, 3.8) is 0 Å². The van der Waals surface area contributed by atoms with Crippen LogP contribution in [0.2, 0.25) is 0 Å². The van der Waals surface area contributed by atoms with Gasteiger partial charge in [0.15, 0.2) is 0 Å². The van der Waals surface area contributed by atoms with E-state index in [9.17, 15) is 9.59 Å². The van der Waals surface area contributed by atoms with E-state index >= 15 is 0 Å². The van der Waals surface area contributed by atoms with Crippen LogP contribution in [0, 0.1) is 0 Å². The number of hydrogen-bond donors (Lipinski definition) is 2. The molecule has 0 aliphatic carbocycles. The van der Waals surface area contributed by atoms with Crippen molar-refractivity contribution in [3.8, 4) is 0 Å². The quantitative estimate of drug-likeness (QED) is 0.891. The van der Waals surface area contributed by atoms with Crippen LogP contribution in [0.5, 0.6) is 0 Å². The molecule has 0 radical (unpaired) electrons. The molecule has 116 valence electrons. The van der Waals surface area contributed by atoms with Crippen molar-refractivity contribution < 1.29 is 4.79 Å². The summed E-state index contributed by atoms with van der Waals surface area (Å²) in [6.07, 6.45) is 2.97. The Balaban J connectivity index is 2.17. The van der Waals surface area contributed by atoms with Gasteiger partial charge in [-0.05, 0) is 13.0 Å². The molecule has 0 aliphatic rings. The van der Waals surface area contributed by atoms with E-state index < -0.39 is 6.04 Å². The third-order valence-corrected chi connectivity index (χ3v) is 3.01. The van der Waals surface area contributed by atoms with Crippen LogP contribution in [-0.2, 0) is 5.41 Å². The van der Waals surface area contributed by atoms with E-state index in [1.165, 1.54) is 12.3 Å². The zero-order valence-corrected chi connectivity index (χ0v) is 13.0. The van der Waals surface area contributed by atoms with Crippen molar-refractivity contribution >= 4 is 5.91 Å². The Bertz CT molecular complexity index is 733. The second kappa shape index (κ2) is 6.05. The summed E-state index contributed by atoms with van der Waals surface area (Å²) in [5.41, 5.74) is -0.220. The molecule has 2 aromatic heterocycles. The second-order valence-electron chi connectivity index (χ2n) is 6.03. The lowest BCUT2D eigenvalue weighted by Gasteiger charge is -2.17. The van der Waals surface area contributed by atoms with Crippen LogP contribution in [0.25, 0.3) is 0 Å². The van der Waals surface area contributed by atoms with Crippen molar-refractivity contribution in [1.29, 1.82) is 0 Å². The maximum Gasteiger partial charge on any atom is 0.270 e. The molecular formula is C15H19N5O2. The summed E-state index contributed by atoms with van der Waals surface area (Å²) >= 11 is 0. The highest BCUT2D eigenvalue weighted by atomic mass is 16.2. The van der Waals surface area contributed by atoms with Gasteiger partial charge >= 0.3 is 0 Å². The van der Waals surface area contributed by atoms with Gasteiger partial charge in [0, 0.05) is 23.9 Å². The third-order valence-electron chi connectivity index (χ3n) is 3.01. The Hall–Kier alpha value is -2.57. The summed E-state index contributed by atoms with van der Waals surface area (Å²) < 4.78 is 0. The van der Waals surface area contributed by atoms with Crippen LogP contribution in [-0.4, -0.2) is 25.8 Å². The summed E-state index contributed by atoms with van der Waals surface area (Å²) in [6, 6.07) is 2.44. The molecule has 1 amide bonds. The topological polar surface area (TPSA) is 101 Å². The monoisotopic (exact) mass is 301 g/mol.